The van der Waals surface area contributed by atoms with Crippen LogP contribution in [0.15, 0.2) is 35.4 Å². The molecule has 1 aliphatic rings. The first kappa shape index (κ1) is 17.6. The first-order valence-corrected chi connectivity index (χ1v) is 8.43. The van der Waals surface area contributed by atoms with Gasteiger partial charge in [-0.3, -0.25) is 14.4 Å². The van der Waals surface area contributed by atoms with Crippen LogP contribution in [0.3, 0.4) is 0 Å². The molecule has 122 valence electrons. The minimum Gasteiger partial charge on any atom is -0.481 e. The van der Waals surface area contributed by atoms with Crippen molar-refractivity contribution in [3.63, 3.8) is 0 Å². The van der Waals surface area contributed by atoms with E-state index in [2.05, 4.69) is 0 Å². The van der Waals surface area contributed by atoms with Gasteiger partial charge in [0.25, 0.3) is 5.91 Å². The Morgan fingerprint density at radius 2 is 1.91 bits per heavy atom. The largest absolute Gasteiger partial charge is 0.481 e. The molecule has 0 spiro atoms. The summed E-state index contributed by atoms with van der Waals surface area (Å²) < 4.78 is 0. The molecule has 23 heavy (non-hydrogen) atoms. The fourth-order valence-corrected chi connectivity index (χ4v) is 3.64. The summed E-state index contributed by atoms with van der Waals surface area (Å²) in [5.74, 6) is -1.18. The van der Waals surface area contributed by atoms with Gasteiger partial charge in [0, 0.05) is 28.8 Å². The zero-order valence-corrected chi connectivity index (χ0v) is 14.3. The van der Waals surface area contributed by atoms with Gasteiger partial charge in [0.2, 0.25) is 0 Å². The molecule has 1 amide bonds. The highest BCUT2D eigenvalue weighted by Crippen LogP contribution is 2.36. The SMILES string of the molecule is CCSC1C(C(=O)c2ccc(Cl)cc2)=C(CC(=O)O)C(=O)N1C. The summed E-state index contributed by atoms with van der Waals surface area (Å²) in [5.41, 5.74) is 0.706. The number of hydrogen-bond donors (Lipinski definition) is 1. The van der Waals surface area contributed by atoms with Gasteiger partial charge in [0.15, 0.2) is 5.78 Å². The van der Waals surface area contributed by atoms with Gasteiger partial charge >= 0.3 is 5.97 Å². The Morgan fingerprint density at radius 3 is 2.43 bits per heavy atom. The number of hydrogen-bond acceptors (Lipinski definition) is 4. The smallest absolute Gasteiger partial charge is 0.308 e. The lowest BCUT2D eigenvalue weighted by Gasteiger charge is -2.21. The number of nitrogens with zero attached hydrogens (tertiary/aromatic N) is 1. The number of carboxylic acid groups (broad SMARTS) is 1. The molecule has 0 aliphatic carbocycles. The van der Waals surface area contributed by atoms with Crippen LogP contribution < -0.4 is 0 Å². The fraction of sp³-hybridized carbons (Fsp3) is 0.312. The number of aliphatic carboxylic acids is 1. The molecule has 0 saturated heterocycles. The van der Waals surface area contributed by atoms with Crippen LogP contribution in [0, 0.1) is 0 Å². The molecular formula is C16H16ClNO4S. The third-order valence-corrected chi connectivity index (χ3v) is 4.96. The van der Waals surface area contributed by atoms with Crippen LogP contribution in [0.4, 0.5) is 0 Å². The van der Waals surface area contributed by atoms with Crippen molar-refractivity contribution in [1.29, 1.82) is 0 Å². The highest BCUT2D eigenvalue weighted by Gasteiger charge is 2.41. The lowest BCUT2D eigenvalue weighted by Crippen LogP contribution is -2.31. The van der Waals surface area contributed by atoms with Gasteiger partial charge in [-0.05, 0) is 30.0 Å². The van der Waals surface area contributed by atoms with Crippen LogP contribution in [0.5, 0.6) is 0 Å². The third-order valence-electron chi connectivity index (χ3n) is 3.51. The second kappa shape index (κ2) is 7.19. The number of ketones is 1. The predicted octanol–water partition coefficient (Wildman–Crippen LogP) is 2.85. The van der Waals surface area contributed by atoms with Gasteiger partial charge in [0.05, 0.1) is 6.42 Å². The summed E-state index contributed by atoms with van der Waals surface area (Å²) in [5, 5.41) is 9.09. The molecule has 0 bridgehead atoms. The third kappa shape index (κ3) is 3.59. The van der Waals surface area contributed by atoms with E-state index in [0.29, 0.717) is 16.3 Å². The van der Waals surface area contributed by atoms with E-state index in [-0.39, 0.29) is 16.9 Å². The van der Waals surface area contributed by atoms with Crippen LogP contribution in [0.2, 0.25) is 5.02 Å². The number of carbonyl (C=O) groups is 3. The number of thioether (sulfide) groups is 1. The molecule has 1 aromatic carbocycles. The topological polar surface area (TPSA) is 74.7 Å². The molecule has 0 aromatic heterocycles. The Hall–Kier alpha value is -1.79. The summed E-state index contributed by atoms with van der Waals surface area (Å²) in [7, 11) is 1.58. The molecule has 7 heteroatoms. The van der Waals surface area contributed by atoms with Gasteiger partial charge in [-0.25, -0.2) is 0 Å². The van der Waals surface area contributed by atoms with E-state index in [1.807, 2.05) is 6.92 Å². The van der Waals surface area contributed by atoms with Gasteiger partial charge in [-0.15, -0.1) is 11.8 Å². The maximum absolute atomic E-state index is 12.8. The normalized spacial score (nSPS) is 17.8. The highest BCUT2D eigenvalue weighted by atomic mass is 35.5. The van der Waals surface area contributed by atoms with E-state index in [1.54, 1.807) is 31.3 Å². The van der Waals surface area contributed by atoms with E-state index in [4.69, 9.17) is 16.7 Å². The molecule has 1 aromatic rings. The Labute approximate surface area is 143 Å². The van der Waals surface area contributed by atoms with Crippen LogP contribution >= 0.6 is 23.4 Å². The molecule has 1 aliphatic heterocycles. The van der Waals surface area contributed by atoms with Crippen molar-refractivity contribution in [3.05, 3.63) is 46.0 Å². The zero-order chi connectivity index (χ0) is 17.1. The number of Topliss-reactive ketones (excluding diaryl/α,β-unsaturated/α-hetero) is 1. The van der Waals surface area contributed by atoms with Gasteiger partial charge in [-0.2, -0.15) is 0 Å². The standard InChI is InChI=1S/C16H16ClNO4S/c1-3-23-16-13(11(8-12(19)20)15(22)18(16)2)14(21)9-4-6-10(17)7-5-9/h4-7,16H,3,8H2,1-2H3,(H,19,20). The molecule has 1 N–H and O–H groups in total. The van der Waals surface area contributed by atoms with Crippen molar-refractivity contribution in [3.8, 4) is 0 Å². The molecule has 1 atom stereocenters. The molecule has 0 fully saturated rings. The Kier molecular flexibility index (Phi) is 5.49. The van der Waals surface area contributed by atoms with Crippen molar-refractivity contribution < 1.29 is 19.5 Å². The molecule has 0 radical (unpaired) electrons. The number of carbonyl (C=O) groups excluding carboxylic acids is 2. The maximum atomic E-state index is 12.8. The quantitative estimate of drug-likeness (QED) is 0.796. The van der Waals surface area contributed by atoms with Crippen molar-refractivity contribution in [2.75, 3.05) is 12.8 Å². The monoisotopic (exact) mass is 353 g/mol. The summed E-state index contributed by atoms with van der Waals surface area (Å²) in [6, 6.07) is 6.34. The summed E-state index contributed by atoms with van der Waals surface area (Å²) >= 11 is 7.25. The Balaban J connectivity index is 2.51. The second-order valence-electron chi connectivity index (χ2n) is 5.02. The average molecular weight is 354 g/mol. The van der Waals surface area contributed by atoms with Gasteiger partial charge < -0.3 is 10.0 Å². The summed E-state index contributed by atoms with van der Waals surface area (Å²) in [4.78, 5) is 37.7. The summed E-state index contributed by atoms with van der Waals surface area (Å²) in [6.07, 6.45) is -0.460. The summed E-state index contributed by atoms with van der Waals surface area (Å²) in [6.45, 7) is 1.92. The Bertz CT molecular complexity index is 684. The molecule has 0 saturated carbocycles. The molecule has 1 unspecified atom stereocenters. The predicted molar refractivity (Wildman–Crippen MR) is 89.8 cm³/mol. The number of carboxylic acids is 1. The number of rotatable bonds is 6. The van der Waals surface area contributed by atoms with E-state index >= 15 is 0 Å². The van der Waals surface area contributed by atoms with Gasteiger partial charge in [-0.1, -0.05) is 18.5 Å². The first-order chi connectivity index (χ1) is 10.9. The molecule has 1 heterocycles. The highest BCUT2D eigenvalue weighted by molar-refractivity contribution is 8.00. The van der Waals surface area contributed by atoms with E-state index in [1.165, 1.54) is 16.7 Å². The van der Waals surface area contributed by atoms with Crippen molar-refractivity contribution >= 4 is 41.0 Å². The van der Waals surface area contributed by atoms with Crippen LogP contribution in [-0.2, 0) is 9.59 Å². The van der Waals surface area contributed by atoms with E-state index in [0.717, 1.165) is 0 Å². The first-order valence-electron chi connectivity index (χ1n) is 7.00. The van der Waals surface area contributed by atoms with E-state index in [9.17, 15) is 14.4 Å². The van der Waals surface area contributed by atoms with Crippen LogP contribution in [0.1, 0.15) is 23.7 Å². The number of halogens is 1. The second-order valence-corrected chi connectivity index (χ2v) is 6.82. The van der Waals surface area contributed by atoms with E-state index < -0.39 is 23.7 Å². The molecule has 2 rings (SSSR count). The van der Waals surface area contributed by atoms with Crippen molar-refractivity contribution in [2.45, 2.75) is 18.7 Å². The molecule has 5 nitrogen and oxygen atoms in total. The average Bonchev–Trinajstić information content (AvgIpc) is 2.72. The number of amides is 1. The van der Waals surface area contributed by atoms with Crippen LogP contribution in [-0.4, -0.2) is 45.8 Å². The Morgan fingerprint density at radius 1 is 1.30 bits per heavy atom. The van der Waals surface area contributed by atoms with Crippen LogP contribution in [0.25, 0.3) is 0 Å². The maximum Gasteiger partial charge on any atom is 0.308 e. The lowest BCUT2D eigenvalue weighted by atomic mass is 9.98. The number of benzene rings is 1. The fourth-order valence-electron chi connectivity index (χ4n) is 2.46. The van der Waals surface area contributed by atoms with Gasteiger partial charge in [0.1, 0.15) is 5.37 Å². The zero-order valence-electron chi connectivity index (χ0n) is 12.7. The lowest BCUT2D eigenvalue weighted by molar-refractivity contribution is -0.137. The minimum atomic E-state index is -1.13. The molecular weight excluding hydrogens is 338 g/mol. The number of likely N-dealkylation sites (N-methyl/N-ethyl adjacent to an activating group) is 1. The van der Waals surface area contributed by atoms with Crippen molar-refractivity contribution in [2.24, 2.45) is 0 Å². The van der Waals surface area contributed by atoms with Crippen molar-refractivity contribution in [1.82, 2.24) is 4.90 Å². The minimum absolute atomic E-state index is 0.0610.